The fraction of sp³-hybridized carbons (Fsp3) is 0.300. The van der Waals surface area contributed by atoms with Gasteiger partial charge in [0.2, 0.25) is 5.91 Å². The number of nitrogens with zero attached hydrogens (tertiary/aromatic N) is 2. The highest BCUT2D eigenvalue weighted by molar-refractivity contribution is 9.10. The average Bonchev–Trinajstić information content (AvgIpc) is 2.65. The summed E-state index contributed by atoms with van der Waals surface area (Å²) in [6.45, 7) is 5.01. The molecule has 26 heavy (non-hydrogen) atoms. The molecule has 0 unspecified atom stereocenters. The molecule has 1 saturated heterocycles. The molecule has 1 aliphatic rings. The smallest absolute Gasteiger partial charge is 0.253 e. The largest absolute Gasteiger partial charge is 0.336 e. The molecule has 0 spiro atoms. The highest BCUT2D eigenvalue weighted by atomic mass is 79.9. The first-order valence-electron chi connectivity index (χ1n) is 8.65. The van der Waals surface area contributed by atoms with Crippen molar-refractivity contribution in [1.29, 1.82) is 0 Å². The Labute approximate surface area is 162 Å². The molecule has 0 saturated carbocycles. The lowest BCUT2D eigenvalue weighted by Gasteiger charge is -2.34. The Morgan fingerprint density at radius 2 is 1.73 bits per heavy atom. The van der Waals surface area contributed by atoms with E-state index in [0.717, 1.165) is 15.7 Å². The van der Waals surface area contributed by atoms with Gasteiger partial charge in [0.05, 0.1) is 6.54 Å². The number of hydrogen-bond acceptors (Lipinski definition) is 3. The van der Waals surface area contributed by atoms with Crippen LogP contribution in [0.1, 0.15) is 15.9 Å². The van der Waals surface area contributed by atoms with E-state index in [0.29, 0.717) is 38.3 Å². The zero-order valence-corrected chi connectivity index (χ0v) is 16.3. The molecule has 1 aliphatic heterocycles. The Morgan fingerprint density at radius 1 is 1.04 bits per heavy atom. The van der Waals surface area contributed by atoms with Crippen molar-refractivity contribution in [3.05, 3.63) is 64.1 Å². The Kier molecular flexibility index (Phi) is 6.06. The minimum Gasteiger partial charge on any atom is -0.336 e. The molecule has 1 fully saturated rings. The topological polar surface area (TPSA) is 52.7 Å². The third-order valence-corrected chi connectivity index (χ3v) is 5.36. The van der Waals surface area contributed by atoms with Crippen molar-refractivity contribution in [2.45, 2.75) is 6.92 Å². The van der Waals surface area contributed by atoms with Gasteiger partial charge in [-0.2, -0.15) is 0 Å². The maximum Gasteiger partial charge on any atom is 0.253 e. The van der Waals surface area contributed by atoms with E-state index in [2.05, 4.69) is 26.1 Å². The lowest BCUT2D eigenvalue weighted by molar-refractivity contribution is -0.117. The number of carbonyl (C=O) groups is 2. The molecule has 0 bridgehead atoms. The van der Waals surface area contributed by atoms with Crippen LogP contribution < -0.4 is 5.32 Å². The monoisotopic (exact) mass is 415 g/mol. The van der Waals surface area contributed by atoms with Crippen LogP contribution in [0.3, 0.4) is 0 Å². The first-order chi connectivity index (χ1) is 12.5. The van der Waals surface area contributed by atoms with Crippen molar-refractivity contribution >= 4 is 33.4 Å². The molecule has 6 heteroatoms. The van der Waals surface area contributed by atoms with Gasteiger partial charge in [0, 0.05) is 41.9 Å². The second-order valence-corrected chi connectivity index (χ2v) is 7.30. The minimum atomic E-state index is -0.0383. The molecule has 1 N–H and O–H groups in total. The quantitative estimate of drug-likeness (QED) is 0.833. The third-order valence-electron chi connectivity index (χ3n) is 4.50. The summed E-state index contributed by atoms with van der Waals surface area (Å²) >= 11 is 3.47. The number of nitrogens with one attached hydrogen (secondary N) is 1. The van der Waals surface area contributed by atoms with E-state index in [9.17, 15) is 9.59 Å². The van der Waals surface area contributed by atoms with Gasteiger partial charge in [-0.3, -0.25) is 14.5 Å². The molecular weight excluding hydrogens is 394 g/mol. The predicted octanol–water partition coefficient (Wildman–Crippen LogP) is 3.15. The Morgan fingerprint density at radius 3 is 2.38 bits per heavy atom. The number of aryl methyl sites for hydroxylation is 1. The molecule has 1 heterocycles. The highest BCUT2D eigenvalue weighted by Crippen LogP contribution is 2.20. The molecule has 0 aliphatic carbocycles. The second-order valence-electron chi connectivity index (χ2n) is 6.45. The van der Waals surface area contributed by atoms with Crippen molar-refractivity contribution < 1.29 is 9.59 Å². The van der Waals surface area contributed by atoms with E-state index in [4.69, 9.17) is 0 Å². The van der Waals surface area contributed by atoms with Crippen molar-refractivity contribution in [2.24, 2.45) is 0 Å². The minimum absolute atomic E-state index is 0.0383. The molecule has 2 aromatic rings. The summed E-state index contributed by atoms with van der Waals surface area (Å²) in [7, 11) is 0. The molecular formula is C20H22BrN3O2. The molecule has 3 rings (SSSR count). The summed E-state index contributed by atoms with van der Waals surface area (Å²) in [6, 6.07) is 15.1. The predicted molar refractivity (Wildman–Crippen MR) is 106 cm³/mol. The summed E-state index contributed by atoms with van der Waals surface area (Å²) in [5.74, 6) is 0.0165. The van der Waals surface area contributed by atoms with Gasteiger partial charge in [-0.15, -0.1) is 0 Å². The highest BCUT2D eigenvalue weighted by Gasteiger charge is 2.23. The Bertz CT molecular complexity index is 787. The van der Waals surface area contributed by atoms with Gasteiger partial charge in [0.25, 0.3) is 5.91 Å². The summed E-state index contributed by atoms with van der Waals surface area (Å²) in [5, 5.41) is 2.93. The number of amides is 2. The van der Waals surface area contributed by atoms with Gasteiger partial charge in [-0.1, -0.05) is 40.2 Å². The summed E-state index contributed by atoms with van der Waals surface area (Å²) < 4.78 is 0.975. The second kappa shape index (κ2) is 8.47. The van der Waals surface area contributed by atoms with Crippen molar-refractivity contribution in [3.63, 3.8) is 0 Å². The standard InChI is InChI=1S/C20H22BrN3O2/c1-15-7-8-17(13-18(15)21)22-19(25)14-23-9-11-24(12-10-23)20(26)16-5-3-2-4-6-16/h2-8,13H,9-12,14H2,1H3,(H,22,25). The maximum absolute atomic E-state index is 12.5. The zero-order chi connectivity index (χ0) is 18.5. The van der Waals surface area contributed by atoms with Crippen molar-refractivity contribution in [3.8, 4) is 0 Å². The van der Waals surface area contributed by atoms with E-state index in [1.165, 1.54) is 0 Å². The number of carbonyl (C=O) groups excluding carboxylic acids is 2. The van der Waals surface area contributed by atoms with E-state index in [-0.39, 0.29) is 11.8 Å². The van der Waals surface area contributed by atoms with Crippen LogP contribution in [0, 0.1) is 6.92 Å². The van der Waals surface area contributed by atoms with E-state index in [1.54, 1.807) is 0 Å². The fourth-order valence-electron chi connectivity index (χ4n) is 2.95. The average molecular weight is 416 g/mol. The van der Waals surface area contributed by atoms with Crippen LogP contribution in [-0.2, 0) is 4.79 Å². The van der Waals surface area contributed by atoms with Crippen LogP contribution in [-0.4, -0.2) is 54.3 Å². The lowest BCUT2D eigenvalue weighted by atomic mass is 10.2. The van der Waals surface area contributed by atoms with Gasteiger partial charge < -0.3 is 10.2 Å². The van der Waals surface area contributed by atoms with Gasteiger partial charge in [-0.05, 0) is 36.8 Å². The summed E-state index contributed by atoms with van der Waals surface area (Å²) in [6.07, 6.45) is 0. The van der Waals surface area contributed by atoms with Gasteiger partial charge in [0.15, 0.2) is 0 Å². The molecule has 2 amide bonds. The van der Waals surface area contributed by atoms with Crippen molar-refractivity contribution in [2.75, 3.05) is 38.0 Å². The summed E-state index contributed by atoms with van der Waals surface area (Å²) in [4.78, 5) is 28.6. The van der Waals surface area contributed by atoms with E-state index in [1.807, 2.05) is 60.4 Å². The first kappa shape index (κ1) is 18.6. The summed E-state index contributed by atoms with van der Waals surface area (Å²) in [5.41, 5.74) is 2.62. The Hall–Kier alpha value is -2.18. The fourth-order valence-corrected chi connectivity index (χ4v) is 3.33. The van der Waals surface area contributed by atoms with Gasteiger partial charge >= 0.3 is 0 Å². The molecule has 0 radical (unpaired) electrons. The normalized spacial score (nSPS) is 14.9. The zero-order valence-electron chi connectivity index (χ0n) is 14.7. The van der Waals surface area contributed by atoms with E-state index >= 15 is 0 Å². The number of rotatable bonds is 4. The molecule has 136 valence electrons. The number of halogens is 1. The van der Waals surface area contributed by atoms with Gasteiger partial charge in [0.1, 0.15) is 0 Å². The van der Waals surface area contributed by atoms with Crippen LogP contribution in [0.2, 0.25) is 0 Å². The van der Waals surface area contributed by atoms with Crippen molar-refractivity contribution in [1.82, 2.24) is 9.80 Å². The first-order valence-corrected chi connectivity index (χ1v) is 9.45. The molecule has 0 aromatic heterocycles. The molecule has 5 nitrogen and oxygen atoms in total. The number of hydrogen-bond donors (Lipinski definition) is 1. The van der Waals surface area contributed by atoms with Crippen LogP contribution in [0.15, 0.2) is 53.0 Å². The lowest BCUT2D eigenvalue weighted by Crippen LogP contribution is -2.50. The Balaban J connectivity index is 1.48. The van der Waals surface area contributed by atoms with Crippen LogP contribution in [0.5, 0.6) is 0 Å². The maximum atomic E-state index is 12.5. The number of anilines is 1. The SMILES string of the molecule is Cc1ccc(NC(=O)CN2CCN(C(=O)c3ccccc3)CC2)cc1Br. The third kappa shape index (κ3) is 4.71. The molecule has 0 atom stereocenters. The van der Waals surface area contributed by atoms with Gasteiger partial charge in [-0.25, -0.2) is 0 Å². The van der Waals surface area contributed by atoms with E-state index < -0.39 is 0 Å². The number of piperazine rings is 1. The van der Waals surface area contributed by atoms with Crippen LogP contribution in [0.25, 0.3) is 0 Å². The van der Waals surface area contributed by atoms with Crippen LogP contribution in [0.4, 0.5) is 5.69 Å². The number of benzene rings is 2. The molecule has 2 aromatic carbocycles. The van der Waals surface area contributed by atoms with Crippen LogP contribution >= 0.6 is 15.9 Å².